The van der Waals surface area contributed by atoms with Gasteiger partial charge in [-0.3, -0.25) is 0 Å². The van der Waals surface area contributed by atoms with Crippen LogP contribution in [0.4, 0.5) is 15.2 Å². The Morgan fingerprint density at radius 3 is 2.27 bits per heavy atom. The van der Waals surface area contributed by atoms with E-state index < -0.39 is 0 Å². The minimum absolute atomic E-state index is 0.171. The first kappa shape index (κ1) is 16.9. The van der Waals surface area contributed by atoms with Crippen molar-refractivity contribution in [1.29, 1.82) is 0 Å². The summed E-state index contributed by atoms with van der Waals surface area (Å²) < 4.78 is 25.9. The van der Waals surface area contributed by atoms with E-state index in [0.29, 0.717) is 5.69 Å². The Labute approximate surface area is 155 Å². The van der Waals surface area contributed by atoms with Crippen molar-refractivity contribution in [1.82, 2.24) is 4.98 Å². The molecule has 0 N–H and O–H groups in total. The molecule has 1 aliphatic rings. The van der Waals surface area contributed by atoms with Gasteiger partial charge in [-0.25, -0.2) is 9.37 Å². The number of hydrogen-bond donors (Lipinski definition) is 0. The van der Waals surface area contributed by atoms with Crippen LogP contribution in [-0.2, 0) is 0 Å². The van der Waals surface area contributed by atoms with Crippen LogP contribution in [0.3, 0.4) is 0 Å². The van der Waals surface area contributed by atoms with E-state index in [2.05, 4.69) is 9.80 Å². The molecular formula is C19H20FN3O2S. The standard InChI is InChI=1S/C19H20FN3O2S/c1-24-15-7-8-16(25-2)18-17(15)21-19(26-18)23-11-9-22(10-12-23)14-6-4-3-5-13(14)20/h3-8H,9-12H2,1-2H3. The number of methoxy groups -OCH3 is 2. The normalized spacial score (nSPS) is 14.7. The summed E-state index contributed by atoms with van der Waals surface area (Å²) in [5, 5.41) is 0.941. The minimum atomic E-state index is -0.171. The zero-order valence-corrected chi connectivity index (χ0v) is 15.6. The van der Waals surface area contributed by atoms with E-state index in [9.17, 15) is 4.39 Å². The summed E-state index contributed by atoms with van der Waals surface area (Å²) in [6, 6.07) is 10.7. The van der Waals surface area contributed by atoms with Gasteiger partial charge >= 0.3 is 0 Å². The first-order valence-corrected chi connectivity index (χ1v) is 9.29. The van der Waals surface area contributed by atoms with Crippen molar-refractivity contribution >= 4 is 32.4 Å². The van der Waals surface area contributed by atoms with Gasteiger partial charge in [0, 0.05) is 26.2 Å². The molecule has 0 saturated carbocycles. The molecule has 0 bridgehead atoms. The number of para-hydroxylation sites is 1. The third-order valence-electron chi connectivity index (χ3n) is 4.64. The van der Waals surface area contributed by atoms with E-state index in [1.807, 2.05) is 24.3 Å². The number of thiazole rings is 1. The number of hydrogen-bond acceptors (Lipinski definition) is 6. The molecule has 0 unspecified atom stereocenters. The maximum atomic E-state index is 14.0. The van der Waals surface area contributed by atoms with Crippen LogP contribution in [0.15, 0.2) is 36.4 Å². The van der Waals surface area contributed by atoms with Crippen LogP contribution in [0, 0.1) is 5.82 Å². The fourth-order valence-electron chi connectivity index (χ4n) is 3.26. The molecule has 1 fully saturated rings. The van der Waals surface area contributed by atoms with Gasteiger partial charge in [0.2, 0.25) is 0 Å². The average molecular weight is 373 g/mol. The van der Waals surface area contributed by atoms with Crippen molar-refractivity contribution in [3.8, 4) is 11.5 Å². The maximum Gasteiger partial charge on any atom is 0.186 e. The Kier molecular flexibility index (Phi) is 4.55. The van der Waals surface area contributed by atoms with Crippen molar-refractivity contribution in [2.75, 3.05) is 50.2 Å². The van der Waals surface area contributed by atoms with Gasteiger partial charge in [-0.2, -0.15) is 0 Å². The number of nitrogens with zero attached hydrogens (tertiary/aromatic N) is 3. The molecule has 136 valence electrons. The molecule has 0 aliphatic carbocycles. The third kappa shape index (κ3) is 2.92. The minimum Gasteiger partial charge on any atom is -0.495 e. The molecule has 1 aliphatic heterocycles. The van der Waals surface area contributed by atoms with Crippen molar-refractivity contribution in [2.24, 2.45) is 0 Å². The summed E-state index contributed by atoms with van der Waals surface area (Å²) in [6.45, 7) is 3.09. The van der Waals surface area contributed by atoms with E-state index in [1.165, 1.54) is 6.07 Å². The first-order valence-electron chi connectivity index (χ1n) is 8.47. The molecule has 0 amide bonds. The fourth-order valence-corrected chi connectivity index (χ4v) is 4.38. The molecule has 2 heterocycles. The Balaban J connectivity index is 1.57. The Bertz CT molecular complexity index is 881. The molecule has 5 nitrogen and oxygen atoms in total. The zero-order chi connectivity index (χ0) is 18.1. The summed E-state index contributed by atoms with van der Waals surface area (Å²) in [6.07, 6.45) is 0. The Morgan fingerprint density at radius 2 is 1.58 bits per heavy atom. The van der Waals surface area contributed by atoms with Crippen molar-refractivity contribution in [3.05, 3.63) is 42.2 Å². The highest BCUT2D eigenvalue weighted by Crippen LogP contribution is 2.40. The smallest absolute Gasteiger partial charge is 0.186 e. The van der Waals surface area contributed by atoms with Gasteiger partial charge in [-0.1, -0.05) is 23.5 Å². The number of halogens is 1. The number of ether oxygens (including phenoxy) is 2. The summed E-state index contributed by atoms with van der Waals surface area (Å²) >= 11 is 1.60. The van der Waals surface area contributed by atoms with Gasteiger partial charge in [0.05, 0.1) is 19.9 Å². The summed E-state index contributed by atoms with van der Waals surface area (Å²) in [4.78, 5) is 9.10. The van der Waals surface area contributed by atoms with Gasteiger partial charge in [0.1, 0.15) is 27.5 Å². The summed E-state index contributed by atoms with van der Waals surface area (Å²) in [5.41, 5.74) is 1.49. The number of anilines is 2. The molecule has 26 heavy (non-hydrogen) atoms. The quantitative estimate of drug-likeness (QED) is 0.696. The number of piperazine rings is 1. The lowest BCUT2D eigenvalue weighted by Gasteiger charge is -2.36. The predicted octanol–water partition coefficient (Wildman–Crippen LogP) is 3.78. The molecule has 0 radical (unpaired) electrons. The lowest BCUT2D eigenvalue weighted by Crippen LogP contribution is -2.46. The van der Waals surface area contributed by atoms with Gasteiger partial charge < -0.3 is 19.3 Å². The highest BCUT2D eigenvalue weighted by molar-refractivity contribution is 7.22. The van der Waals surface area contributed by atoms with Crippen molar-refractivity contribution < 1.29 is 13.9 Å². The van der Waals surface area contributed by atoms with Crippen molar-refractivity contribution in [2.45, 2.75) is 0 Å². The van der Waals surface area contributed by atoms with E-state index in [-0.39, 0.29) is 5.82 Å². The van der Waals surface area contributed by atoms with E-state index in [0.717, 1.165) is 53.0 Å². The first-order chi connectivity index (χ1) is 12.7. The number of benzene rings is 2. The largest absolute Gasteiger partial charge is 0.495 e. The molecule has 2 aromatic carbocycles. The topological polar surface area (TPSA) is 37.8 Å². The van der Waals surface area contributed by atoms with Crippen LogP contribution in [0.2, 0.25) is 0 Å². The second kappa shape index (κ2) is 6.99. The number of rotatable bonds is 4. The summed E-state index contributed by atoms with van der Waals surface area (Å²) in [7, 11) is 3.31. The molecule has 1 aromatic heterocycles. The molecule has 7 heteroatoms. The SMILES string of the molecule is COc1ccc(OC)c2sc(N3CCN(c4ccccc4F)CC3)nc12. The van der Waals surface area contributed by atoms with Crippen LogP contribution in [0.5, 0.6) is 11.5 Å². The summed E-state index contributed by atoms with van der Waals surface area (Å²) in [5.74, 6) is 1.37. The molecular weight excluding hydrogens is 353 g/mol. The van der Waals surface area contributed by atoms with Crippen LogP contribution in [0.1, 0.15) is 0 Å². The van der Waals surface area contributed by atoms with Gasteiger partial charge in [-0.05, 0) is 24.3 Å². The molecule has 0 atom stereocenters. The number of fused-ring (bicyclic) bond motifs is 1. The Hall–Kier alpha value is -2.54. The molecule has 0 spiro atoms. The van der Waals surface area contributed by atoms with Crippen LogP contribution >= 0.6 is 11.3 Å². The molecule has 1 saturated heterocycles. The molecule has 3 aromatic rings. The lowest BCUT2D eigenvalue weighted by atomic mass is 10.2. The third-order valence-corrected chi connectivity index (χ3v) is 5.77. The van der Waals surface area contributed by atoms with E-state index in [1.54, 1.807) is 31.6 Å². The predicted molar refractivity (Wildman–Crippen MR) is 104 cm³/mol. The van der Waals surface area contributed by atoms with Crippen LogP contribution in [-0.4, -0.2) is 45.4 Å². The second-order valence-electron chi connectivity index (χ2n) is 6.07. The molecule has 4 rings (SSSR count). The second-order valence-corrected chi connectivity index (χ2v) is 7.05. The number of aromatic nitrogens is 1. The van der Waals surface area contributed by atoms with E-state index >= 15 is 0 Å². The fraction of sp³-hybridized carbons (Fsp3) is 0.316. The van der Waals surface area contributed by atoms with Gasteiger partial charge in [-0.15, -0.1) is 0 Å². The maximum absolute atomic E-state index is 14.0. The lowest BCUT2D eigenvalue weighted by molar-refractivity contribution is 0.410. The Morgan fingerprint density at radius 1 is 0.923 bits per heavy atom. The average Bonchev–Trinajstić information content (AvgIpc) is 3.13. The van der Waals surface area contributed by atoms with Crippen molar-refractivity contribution in [3.63, 3.8) is 0 Å². The highest BCUT2D eigenvalue weighted by Gasteiger charge is 2.23. The highest BCUT2D eigenvalue weighted by atomic mass is 32.1. The van der Waals surface area contributed by atoms with Gasteiger partial charge in [0.15, 0.2) is 5.13 Å². The zero-order valence-electron chi connectivity index (χ0n) is 14.7. The van der Waals surface area contributed by atoms with Crippen LogP contribution in [0.25, 0.3) is 10.2 Å². The van der Waals surface area contributed by atoms with E-state index in [4.69, 9.17) is 14.5 Å². The van der Waals surface area contributed by atoms with Crippen LogP contribution < -0.4 is 19.3 Å². The van der Waals surface area contributed by atoms with Gasteiger partial charge in [0.25, 0.3) is 0 Å². The monoisotopic (exact) mass is 373 g/mol.